The van der Waals surface area contributed by atoms with Crippen LogP contribution in [0.5, 0.6) is 0 Å². The molecule has 0 saturated heterocycles. The molecule has 0 amide bonds. The number of hydrogen-bond acceptors (Lipinski definition) is 2. The fraction of sp³-hybridized carbons (Fsp3) is 1.00. The summed E-state index contributed by atoms with van der Waals surface area (Å²) in [5, 5.41) is 18.4. The first-order valence-electron chi connectivity index (χ1n) is 9.42. The second-order valence-corrected chi connectivity index (χ2v) is 10.9. The van der Waals surface area contributed by atoms with Crippen LogP contribution in [0.15, 0.2) is 0 Å². The highest BCUT2D eigenvalue weighted by Gasteiger charge is 2.32. The third-order valence-electron chi connectivity index (χ3n) is 4.38. The highest BCUT2D eigenvalue weighted by molar-refractivity contribution is 6.67. The fourth-order valence-electron chi connectivity index (χ4n) is 2.75. The zero-order chi connectivity index (χ0) is 19.2. The molecular weight excluding hydrogens is 425 g/mol. The van der Waals surface area contributed by atoms with Crippen LogP contribution in [0.4, 0.5) is 0 Å². The maximum Gasteiger partial charge on any atom is 0.190 e. The second kappa shape index (κ2) is 15.3. The first-order valence-corrected chi connectivity index (χ1v) is 11.3. The van der Waals surface area contributed by atoms with E-state index in [1.807, 2.05) is 0 Å². The molecule has 152 valence electrons. The highest BCUT2D eigenvalue weighted by Crippen LogP contribution is 2.32. The van der Waals surface area contributed by atoms with Crippen molar-refractivity contribution in [2.75, 3.05) is 6.61 Å². The normalized spacial score (nSPS) is 14.0. The third-order valence-corrected chi connectivity index (χ3v) is 5.83. The van der Waals surface area contributed by atoms with Crippen LogP contribution in [0.3, 0.4) is 0 Å². The number of aliphatic hydroxyl groups is 2. The van der Waals surface area contributed by atoms with Crippen molar-refractivity contribution in [2.45, 2.75) is 104 Å². The third kappa shape index (κ3) is 17.2. The van der Waals surface area contributed by atoms with Gasteiger partial charge in [-0.2, -0.15) is 0 Å². The lowest BCUT2D eigenvalue weighted by atomic mass is 10.0. The van der Waals surface area contributed by atoms with Crippen LogP contribution in [0.25, 0.3) is 0 Å². The Hall–Kier alpha value is 1.37. The average Bonchev–Trinajstić information content (AvgIpc) is 2.53. The second-order valence-electron chi connectivity index (χ2n) is 6.82. The number of rotatable bonds is 16. The summed E-state index contributed by atoms with van der Waals surface area (Å²) >= 11 is 29.1. The maximum atomic E-state index is 9.48. The van der Waals surface area contributed by atoms with Crippen LogP contribution >= 0.6 is 58.0 Å². The summed E-state index contributed by atoms with van der Waals surface area (Å²) in [6.07, 6.45) is 14.1. The predicted molar refractivity (Wildman–Crippen MR) is 112 cm³/mol. The molecule has 0 aliphatic carbocycles. The molecule has 7 heteroatoms. The zero-order valence-electron chi connectivity index (χ0n) is 15.0. The van der Waals surface area contributed by atoms with Gasteiger partial charge in [-0.3, -0.25) is 0 Å². The highest BCUT2D eigenvalue weighted by atomic mass is 35.6. The topological polar surface area (TPSA) is 40.5 Å². The molecule has 0 aromatic carbocycles. The molecule has 2 N–H and O–H groups in total. The SMILES string of the molecule is OCC(O)C(Cl)(Cl)CCCCCCCCCCCCCCC(Cl)(Cl)Cl. The number of aliphatic hydroxyl groups excluding tert-OH is 2. The molecule has 1 unspecified atom stereocenters. The number of alkyl halides is 5. The Labute approximate surface area is 178 Å². The van der Waals surface area contributed by atoms with Gasteiger partial charge in [-0.05, 0) is 19.3 Å². The van der Waals surface area contributed by atoms with E-state index >= 15 is 0 Å². The molecule has 0 heterocycles. The Balaban J connectivity index is 3.27. The van der Waals surface area contributed by atoms with E-state index < -0.39 is 20.8 Å². The number of unbranched alkanes of at least 4 members (excludes halogenated alkanes) is 11. The Kier molecular flexibility index (Phi) is 16.2. The lowest BCUT2D eigenvalue weighted by Crippen LogP contribution is -2.34. The maximum absolute atomic E-state index is 9.48. The van der Waals surface area contributed by atoms with Gasteiger partial charge in [0.25, 0.3) is 0 Å². The Morgan fingerprint density at radius 2 is 0.880 bits per heavy atom. The first kappa shape index (κ1) is 26.4. The quantitative estimate of drug-likeness (QED) is 0.187. The van der Waals surface area contributed by atoms with Crippen molar-refractivity contribution in [3.05, 3.63) is 0 Å². The summed E-state index contributed by atoms with van der Waals surface area (Å²) in [6, 6.07) is 0. The van der Waals surface area contributed by atoms with Gasteiger partial charge >= 0.3 is 0 Å². The smallest absolute Gasteiger partial charge is 0.190 e. The molecule has 0 spiro atoms. The van der Waals surface area contributed by atoms with Crippen LogP contribution in [0.1, 0.15) is 89.9 Å². The van der Waals surface area contributed by atoms with E-state index in [2.05, 4.69) is 0 Å². The summed E-state index contributed by atoms with van der Waals surface area (Å²) < 4.78 is -2.32. The monoisotopic (exact) mass is 456 g/mol. The molecule has 0 aliphatic heterocycles. The van der Waals surface area contributed by atoms with Gasteiger partial charge in [0.15, 0.2) is 3.79 Å². The molecule has 0 saturated carbocycles. The molecule has 0 fully saturated rings. The summed E-state index contributed by atoms with van der Waals surface area (Å²) in [6.45, 7) is -0.403. The van der Waals surface area contributed by atoms with E-state index in [9.17, 15) is 5.11 Å². The van der Waals surface area contributed by atoms with Gasteiger partial charge in [0.2, 0.25) is 0 Å². The molecule has 0 aromatic heterocycles. The van der Waals surface area contributed by atoms with Crippen LogP contribution in [-0.4, -0.2) is 31.0 Å². The van der Waals surface area contributed by atoms with Crippen LogP contribution < -0.4 is 0 Å². The molecule has 2 nitrogen and oxygen atoms in total. The standard InChI is InChI=1S/C18H33Cl5O2/c19-17(20,16(25)15-24)13-11-9-7-5-3-1-2-4-6-8-10-12-14-18(21,22)23/h16,24-25H,1-15H2. The Morgan fingerprint density at radius 1 is 0.560 bits per heavy atom. The van der Waals surface area contributed by atoms with Gasteiger partial charge in [-0.1, -0.05) is 129 Å². The van der Waals surface area contributed by atoms with E-state index in [4.69, 9.17) is 63.1 Å². The first-order chi connectivity index (χ1) is 11.7. The molecule has 0 aliphatic rings. The fourth-order valence-corrected chi connectivity index (χ4v) is 3.56. The van der Waals surface area contributed by atoms with Crippen molar-refractivity contribution in [1.82, 2.24) is 0 Å². The summed E-state index contributed by atoms with van der Waals surface area (Å²) in [4.78, 5) is 0. The van der Waals surface area contributed by atoms with Crippen molar-refractivity contribution in [3.63, 3.8) is 0 Å². The minimum Gasteiger partial charge on any atom is -0.394 e. The van der Waals surface area contributed by atoms with Crippen molar-refractivity contribution < 1.29 is 10.2 Å². The molecule has 0 rings (SSSR count). The lowest BCUT2D eigenvalue weighted by Gasteiger charge is -2.23. The van der Waals surface area contributed by atoms with Crippen LogP contribution in [0, 0.1) is 0 Å². The molecule has 1 atom stereocenters. The lowest BCUT2D eigenvalue weighted by molar-refractivity contribution is 0.0787. The Bertz CT molecular complexity index is 308. The van der Waals surface area contributed by atoms with Crippen molar-refractivity contribution in [2.24, 2.45) is 0 Å². The largest absolute Gasteiger partial charge is 0.394 e. The molecule has 0 radical (unpaired) electrons. The minimum absolute atomic E-state index is 0.403. The van der Waals surface area contributed by atoms with Gasteiger partial charge in [0, 0.05) is 0 Å². The van der Waals surface area contributed by atoms with Crippen molar-refractivity contribution in [3.8, 4) is 0 Å². The van der Waals surface area contributed by atoms with Gasteiger partial charge in [0.1, 0.15) is 10.4 Å². The molecular formula is C18H33Cl5O2. The van der Waals surface area contributed by atoms with Crippen molar-refractivity contribution in [1.29, 1.82) is 0 Å². The van der Waals surface area contributed by atoms with Gasteiger partial charge in [-0.25, -0.2) is 0 Å². The van der Waals surface area contributed by atoms with E-state index in [1.165, 1.54) is 44.9 Å². The van der Waals surface area contributed by atoms with E-state index in [-0.39, 0.29) is 0 Å². The number of halogens is 5. The summed E-state index contributed by atoms with van der Waals surface area (Å²) in [5.74, 6) is 0. The van der Waals surface area contributed by atoms with Crippen LogP contribution in [-0.2, 0) is 0 Å². The predicted octanol–water partition coefficient (Wildman–Crippen LogP) is 7.35. The van der Waals surface area contributed by atoms with E-state index in [1.54, 1.807) is 0 Å². The molecule has 0 aromatic rings. The van der Waals surface area contributed by atoms with E-state index in [0.29, 0.717) is 12.8 Å². The summed E-state index contributed by atoms with van der Waals surface area (Å²) in [7, 11) is 0. The van der Waals surface area contributed by atoms with Gasteiger partial charge in [-0.15, -0.1) is 0 Å². The molecule has 0 bridgehead atoms. The zero-order valence-corrected chi connectivity index (χ0v) is 18.7. The van der Waals surface area contributed by atoms with Gasteiger partial charge < -0.3 is 10.2 Å². The minimum atomic E-state index is -1.23. The number of hydrogen-bond donors (Lipinski definition) is 2. The Morgan fingerprint density at radius 3 is 1.20 bits per heavy atom. The van der Waals surface area contributed by atoms with Crippen LogP contribution in [0.2, 0.25) is 0 Å². The molecule has 25 heavy (non-hydrogen) atoms. The average molecular weight is 459 g/mol. The van der Waals surface area contributed by atoms with E-state index in [0.717, 1.165) is 32.1 Å². The van der Waals surface area contributed by atoms with Crippen molar-refractivity contribution >= 4 is 58.0 Å². The summed E-state index contributed by atoms with van der Waals surface area (Å²) in [5.41, 5.74) is 0. The van der Waals surface area contributed by atoms with Gasteiger partial charge in [0.05, 0.1) is 6.61 Å².